The summed E-state index contributed by atoms with van der Waals surface area (Å²) in [6.45, 7) is 1.89. The molecule has 2 aromatic carbocycles. The van der Waals surface area contributed by atoms with Crippen LogP contribution in [0.25, 0.3) is 11.3 Å². The number of nitrogens with one attached hydrogen (secondary N) is 1. The maximum Gasteiger partial charge on any atom is 0.264 e. The molecule has 1 N–H and O–H groups in total. The number of para-hydroxylation sites is 1. The quantitative estimate of drug-likeness (QED) is 0.756. The van der Waals surface area contributed by atoms with E-state index in [1.165, 1.54) is 4.31 Å². The summed E-state index contributed by atoms with van der Waals surface area (Å²) in [7, 11) is -0.559. The predicted octanol–water partition coefficient (Wildman–Crippen LogP) is 3.82. The van der Waals surface area contributed by atoms with Crippen LogP contribution in [0.2, 0.25) is 0 Å². The number of aromatic amines is 1. The van der Waals surface area contributed by atoms with Crippen molar-refractivity contribution in [2.45, 2.75) is 11.8 Å². The number of sulfonamides is 1. The van der Waals surface area contributed by atoms with E-state index in [1.807, 2.05) is 37.3 Å². The number of hydrogen-bond acceptors (Lipinski definition) is 3. The first-order valence-electron chi connectivity index (χ1n) is 7.81. The standard InChI is InChI=1S/C19H20N2O3S/c1-14-7-4-5-9-18(14)21(2)25(22,23)15-10-11-19(24-3)16(13-15)17-8-6-12-20-17/h4-13,20H,1-3H3. The smallest absolute Gasteiger partial charge is 0.264 e. The Morgan fingerprint density at radius 3 is 2.44 bits per heavy atom. The van der Waals surface area contributed by atoms with Crippen molar-refractivity contribution in [3.63, 3.8) is 0 Å². The average molecular weight is 356 g/mol. The van der Waals surface area contributed by atoms with Crippen LogP contribution >= 0.6 is 0 Å². The van der Waals surface area contributed by atoms with Gasteiger partial charge in [-0.1, -0.05) is 18.2 Å². The number of ether oxygens (including phenoxy) is 1. The Bertz CT molecular complexity index is 980. The number of methoxy groups -OCH3 is 1. The summed E-state index contributed by atoms with van der Waals surface area (Å²) in [5.41, 5.74) is 3.05. The molecular formula is C19H20N2O3S. The molecule has 3 rings (SSSR count). The molecule has 0 saturated carbocycles. The molecule has 0 saturated heterocycles. The number of hydrogen-bond donors (Lipinski definition) is 1. The lowest BCUT2D eigenvalue weighted by Crippen LogP contribution is -2.27. The molecule has 0 radical (unpaired) electrons. The second kappa shape index (κ2) is 6.64. The van der Waals surface area contributed by atoms with Gasteiger partial charge in [-0.05, 0) is 48.9 Å². The van der Waals surface area contributed by atoms with Gasteiger partial charge in [-0.25, -0.2) is 8.42 Å². The highest BCUT2D eigenvalue weighted by Gasteiger charge is 2.24. The molecule has 5 nitrogen and oxygen atoms in total. The number of nitrogens with zero attached hydrogens (tertiary/aromatic N) is 1. The highest BCUT2D eigenvalue weighted by Crippen LogP contribution is 2.33. The number of H-pyrrole nitrogens is 1. The largest absolute Gasteiger partial charge is 0.496 e. The molecule has 0 unspecified atom stereocenters. The molecule has 0 spiro atoms. The monoisotopic (exact) mass is 356 g/mol. The lowest BCUT2D eigenvalue weighted by molar-refractivity contribution is 0.416. The van der Waals surface area contributed by atoms with E-state index in [0.29, 0.717) is 17.0 Å². The SMILES string of the molecule is COc1ccc(S(=O)(=O)N(C)c2ccccc2C)cc1-c1ccc[nH]1. The fourth-order valence-corrected chi connectivity index (χ4v) is 4.05. The molecule has 1 heterocycles. The van der Waals surface area contributed by atoms with E-state index in [0.717, 1.165) is 11.3 Å². The molecule has 1 aromatic heterocycles. The second-order valence-corrected chi connectivity index (χ2v) is 7.67. The molecule has 0 atom stereocenters. The molecule has 0 aliphatic rings. The van der Waals surface area contributed by atoms with E-state index < -0.39 is 10.0 Å². The third-order valence-corrected chi connectivity index (χ3v) is 5.94. The summed E-state index contributed by atoms with van der Waals surface area (Å²) in [5.74, 6) is 0.611. The molecule has 0 aliphatic carbocycles. The van der Waals surface area contributed by atoms with Crippen LogP contribution in [0.1, 0.15) is 5.56 Å². The highest BCUT2D eigenvalue weighted by atomic mass is 32.2. The van der Waals surface area contributed by atoms with E-state index in [9.17, 15) is 8.42 Å². The van der Waals surface area contributed by atoms with Gasteiger partial charge in [0.25, 0.3) is 10.0 Å². The molecule has 0 amide bonds. The minimum atomic E-state index is -3.69. The van der Waals surface area contributed by atoms with Crippen molar-refractivity contribution in [2.75, 3.05) is 18.5 Å². The number of benzene rings is 2. The van der Waals surface area contributed by atoms with E-state index in [4.69, 9.17) is 4.74 Å². The fraction of sp³-hybridized carbons (Fsp3) is 0.158. The fourth-order valence-electron chi connectivity index (χ4n) is 2.76. The Kier molecular flexibility index (Phi) is 4.55. The zero-order valence-electron chi connectivity index (χ0n) is 14.4. The van der Waals surface area contributed by atoms with Crippen molar-refractivity contribution in [2.24, 2.45) is 0 Å². The summed E-state index contributed by atoms with van der Waals surface area (Å²) in [6.07, 6.45) is 1.79. The lowest BCUT2D eigenvalue weighted by Gasteiger charge is -2.22. The first kappa shape index (κ1) is 17.1. The Balaban J connectivity index is 2.09. The van der Waals surface area contributed by atoms with Crippen LogP contribution in [0.3, 0.4) is 0 Å². The van der Waals surface area contributed by atoms with Crippen LogP contribution in [-0.2, 0) is 10.0 Å². The van der Waals surface area contributed by atoms with Crippen LogP contribution in [0.4, 0.5) is 5.69 Å². The van der Waals surface area contributed by atoms with Gasteiger partial charge in [0, 0.05) is 24.5 Å². The van der Waals surface area contributed by atoms with E-state index in [-0.39, 0.29) is 4.90 Å². The molecule has 3 aromatic rings. The predicted molar refractivity (Wildman–Crippen MR) is 99.5 cm³/mol. The van der Waals surface area contributed by atoms with Crippen molar-refractivity contribution in [3.8, 4) is 17.0 Å². The van der Waals surface area contributed by atoms with Gasteiger partial charge in [0.05, 0.1) is 17.7 Å². The maximum atomic E-state index is 13.1. The topological polar surface area (TPSA) is 62.4 Å². The molecule has 0 aliphatic heterocycles. The Morgan fingerprint density at radius 1 is 1.04 bits per heavy atom. The second-order valence-electron chi connectivity index (χ2n) is 5.70. The molecule has 0 bridgehead atoms. The van der Waals surface area contributed by atoms with Crippen LogP contribution in [-0.4, -0.2) is 27.6 Å². The number of rotatable bonds is 5. The van der Waals surface area contributed by atoms with E-state index in [2.05, 4.69) is 4.98 Å². The van der Waals surface area contributed by atoms with Crippen molar-refractivity contribution in [1.82, 2.24) is 4.98 Å². The van der Waals surface area contributed by atoms with Crippen molar-refractivity contribution < 1.29 is 13.2 Å². The minimum Gasteiger partial charge on any atom is -0.496 e. The lowest BCUT2D eigenvalue weighted by atomic mass is 10.1. The van der Waals surface area contributed by atoms with Crippen LogP contribution < -0.4 is 9.04 Å². The molecule has 6 heteroatoms. The Morgan fingerprint density at radius 2 is 1.80 bits per heavy atom. The van der Waals surface area contributed by atoms with Gasteiger partial charge in [-0.3, -0.25) is 4.31 Å². The van der Waals surface area contributed by atoms with Gasteiger partial charge >= 0.3 is 0 Å². The van der Waals surface area contributed by atoms with Crippen LogP contribution in [0.5, 0.6) is 5.75 Å². The summed E-state index contributed by atoms with van der Waals surface area (Å²) in [5, 5.41) is 0. The van der Waals surface area contributed by atoms with Gasteiger partial charge < -0.3 is 9.72 Å². The van der Waals surface area contributed by atoms with Crippen molar-refractivity contribution in [3.05, 3.63) is 66.4 Å². The van der Waals surface area contributed by atoms with Crippen LogP contribution in [0.15, 0.2) is 65.7 Å². The Hall–Kier alpha value is -2.73. The summed E-state index contributed by atoms with van der Waals surface area (Å²) in [6, 6.07) is 16.0. The summed E-state index contributed by atoms with van der Waals surface area (Å²) in [4.78, 5) is 3.30. The third kappa shape index (κ3) is 3.13. The first-order chi connectivity index (χ1) is 11.9. The minimum absolute atomic E-state index is 0.212. The van der Waals surface area contributed by atoms with Gasteiger partial charge in [0.2, 0.25) is 0 Å². The highest BCUT2D eigenvalue weighted by molar-refractivity contribution is 7.92. The molecule has 130 valence electrons. The van der Waals surface area contributed by atoms with Crippen molar-refractivity contribution >= 4 is 15.7 Å². The molecule has 0 fully saturated rings. The maximum absolute atomic E-state index is 13.1. The zero-order chi connectivity index (χ0) is 18.0. The normalized spacial score (nSPS) is 11.3. The summed E-state index contributed by atoms with van der Waals surface area (Å²) < 4.78 is 32.8. The first-order valence-corrected chi connectivity index (χ1v) is 9.25. The third-order valence-electron chi connectivity index (χ3n) is 4.17. The Labute approximate surface area is 147 Å². The van der Waals surface area contributed by atoms with Gasteiger partial charge in [0.15, 0.2) is 0 Å². The number of aryl methyl sites for hydroxylation is 1. The average Bonchev–Trinajstić information content (AvgIpc) is 3.15. The van der Waals surface area contributed by atoms with Gasteiger partial charge in [-0.2, -0.15) is 0 Å². The zero-order valence-corrected chi connectivity index (χ0v) is 15.2. The number of anilines is 1. The molecular weight excluding hydrogens is 336 g/mol. The molecule has 25 heavy (non-hydrogen) atoms. The van der Waals surface area contributed by atoms with Gasteiger partial charge in [0.1, 0.15) is 5.75 Å². The van der Waals surface area contributed by atoms with Crippen molar-refractivity contribution in [1.29, 1.82) is 0 Å². The van der Waals surface area contributed by atoms with E-state index >= 15 is 0 Å². The number of aromatic nitrogens is 1. The van der Waals surface area contributed by atoms with Gasteiger partial charge in [-0.15, -0.1) is 0 Å². The summed E-state index contributed by atoms with van der Waals surface area (Å²) >= 11 is 0. The van der Waals surface area contributed by atoms with Crippen LogP contribution in [0, 0.1) is 6.92 Å². The van der Waals surface area contributed by atoms with E-state index in [1.54, 1.807) is 44.6 Å².